The molecule has 2 amide bonds. The van der Waals surface area contributed by atoms with Crippen LogP contribution in [0.3, 0.4) is 0 Å². The van der Waals surface area contributed by atoms with Gasteiger partial charge in [0.15, 0.2) is 0 Å². The molecule has 194 valence electrons. The van der Waals surface area contributed by atoms with Gasteiger partial charge >= 0.3 is 5.97 Å². The van der Waals surface area contributed by atoms with Crippen molar-refractivity contribution in [1.82, 2.24) is 9.80 Å². The Bertz CT molecular complexity index is 861. The number of cyclic esters (lactones) is 1. The number of unbranched alkanes of at least 4 members (excludes halogenated alkanes) is 3. The molecule has 0 aromatic carbocycles. The smallest absolute Gasteiger partial charge is 0.311 e. The molecule has 8 heteroatoms. The molecule has 0 aromatic rings. The second-order valence-corrected chi connectivity index (χ2v) is 11.8. The molecule has 6 atom stereocenters. The summed E-state index contributed by atoms with van der Waals surface area (Å²) in [6.45, 7) is 5.75. The van der Waals surface area contributed by atoms with Crippen molar-refractivity contribution in [2.75, 3.05) is 26.3 Å². The maximum absolute atomic E-state index is 14.2. The predicted molar refractivity (Wildman–Crippen MR) is 137 cm³/mol. The van der Waals surface area contributed by atoms with Crippen molar-refractivity contribution in [3.63, 3.8) is 0 Å². The first-order valence-electron chi connectivity index (χ1n) is 13.4. The van der Waals surface area contributed by atoms with Crippen molar-refractivity contribution in [2.24, 2.45) is 11.8 Å². The number of ether oxygens (including phenoxy) is 1. The monoisotopic (exact) mass is 504 g/mol. The summed E-state index contributed by atoms with van der Waals surface area (Å²) in [5.41, 5.74) is 0. The predicted octanol–water partition coefficient (Wildman–Crippen LogP) is 3.32. The number of fused-ring (bicyclic) bond motifs is 2. The molecule has 4 aliphatic heterocycles. The second kappa shape index (κ2) is 11.5. The zero-order valence-electron chi connectivity index (χ0n) is 21.1. The number of likely N-dealkylation sites (tertiary alicyclic amines) is 1. The summed E-state index contributed by atoms with van der Waals surface area (Å²) in [5, 5.41) is 8.92. The maximum Gasteiger partial charge on any atom is 0.311 e. The van der Waals surface area contributed by atoms with Crippen molar-refractivity contribution in [1.29, 1.82) is 0 Å². The van der Waals surface area contributed by atoms with Crippen LogP contribution in [0.1, 0.15) is 65.2 Å². The Labute approximate surface area is 213 Å². The standard InChI is InChI=1S/C27H40N2O5S/c1-3-12-19(2)28-16-11-14-27-22(21-20(35-27)13-7-6-10-18-34-26(21)33)24(31)29(23(27)25(28)32)15-8-4-5-9-17-30/h7,11,13-14,19-23,30H,3-6,8-10,12,15-18H2,1-2H3/b13-7-/t19?,20-,21+,22-,23?,27-/m0/s1. The molecule has 0 radical (unpaired) electrons. The van der Waals surface area contributed by atoms with E-state index in [1.165, 1.54) is 0 Å². The second-order valence-electron chi connectivity index (χ2n) is 10.3. The third-order valence-electron chi connectivity index (χ3n) is 7.93. The largest absolute Gasteiger partial charge is 0.465 e. The van der Waals surface area contributed by atoms with Gasteiger partial charge in [0.1, 0.15) is 6.04 Å². The number of hydrogen-bond acceptors (Lipinski definition) is 6. The van der Waals surface area contributed by atoms with Crippen LogP contribution in [-0.2, 0) is 19.1 Å². The topological polar surface area (TPSA) is 87.2 Å². The molecular weight excluding hydrogens is 464 g/mol. The van der Waals surface area contributed by atoms with E-state index in [0.717, 1.165) is 51.4 Å². The fourth-order valence-electron chi connectivity index (χ4n) is 6.23. The minimum absolute atomic E-state index is 0.00139. The van der Waals surface area contributed by atoms with Crippen LogP contribution < -0.4 is 0 Å². The lowest BCUT2D eigenvalue weighted by molar-refractivity contribution is -0.153. The van der Waals surface area contributed by atoms with Gasteiger partial charge in [-0.2, -0.15) is 0 Å². The zero-order valence-corrected chi connectivity index (χ0v) is 21.9. The summed E-state index contributed by atoms with van der Waals surface area (Å²) in [6, 6.07) is -0.529. The van der Waals surface area contributed by atoms with E-state index < -0.39 is 22.6 Å². The van der Waals surface area contributed by atoms with Gasteiger partial charge in [-0.05, 0) is 39.0 Å². The van der Waals surface area contributed by atoms with Crippen molar-refractivity contribution in [2.45, 2.75) is 87.3 Å². The molecule has 2 saturated heterocycles. The molecule has 1 spiro atoms. The number of carbonyl (C=O) groups is 3. The maximum atomic E-state index is 14.2. The van der Waals surface area contributed by atoms with Crippen molar-refractivity contribution in [3.8, 4) is 0 Å². The van der Waals surface area contributed by atoms with Gasteiger partial charge in [-0.25, -0.2) is 0 Å². The third-order valence-corrected chi connectivity index (χ3v) is 9.67. The molecule has 2 unspecified atom stereocenters. The number of aliphatic hydroxyl groups is 1. The Kier molecular flexibility index (Phi) is 8.63. The summed E-state index contributed by atoms with van der Waals surface area (Å²) < 4.78 is 4.85. The highest BCUT2D eigenvalue weighted by molar-refractivity contribution is 8.02. The van der Waals surface area contributed by atoms with E-state index in [0.29, 0.717) is 19.7 Å². The fourth-order valence-corrected chi connectivity index (χ4v) is 8.23. The molecule has 7 nitrogen and oxygen atoms in total. The van der Waals surface area contributed by atoms with Crippen LogP contribution in [0.5, 0.6) is 0 Å². The molecule has 0 saturated carbocycles. The molecule has 0 bridgehead atoms. The average Bonchev–Trinajstić information content (AvgIpc) is 3.24. The molecule has 1 N–H and O–H groups in total. The molecule has 0 aliphatic carbocycles. The van der Waals surface area contributed by atoms with Gasteiger partial charge in [0.05, 0.1) is 23.2 Å². The Morgan fingerprint density at radius 3 is 2.74 bits per heavy atom. The minimum atomic E-state index is -0.766. The van der Waals surface area contributed by atoms with Crippen LogP contribution in [0.4, 0.5) is 0 Å². The molecule has 2 fully saturated rings. The summed E-state index contributed by atoms with van der Waals surface area (Å²) in [4.78, 5) is 45.2. The number of carbonyl (C=O) groups excluding carboxylic acids is 3. The zero-order chi connectivity index (χ0) is 25.0. The normalized spacial score (nSPS) is 34.3. The SMILES string of the molecule is CCCC(C)N1CC=C[C@]23S[C@H]4/C=C\CCCOC(=O)[C@H]4[C@H]2C(=O)N(CCCCCCO)C3C1=O. The quantitative estimate of drug-likeness (QED) is 0.295. The van der Waals surface area contributed by atoms with Crippen LogP contribution in [0.2, 0.25) is 0 Å². The van der Waals surface area contributed by atoms with Gasteiger partial charge in [-0.15, -0.1) is 11.8 Å². The van der Waals surface area contributed by atoms with Gasteiger partial charge < -0.3 is 19.6 Å². The lowest BCUT2D eigenvalue weighted by Crippen LogP contribution is -2.55. The highest BCUT2D eigenvalue weighted by Gasteiger charge is 2.70. The Morgan fingerprint density at radius 1 is 1.17 bits per heavy atom. The van der Waals surface area contributed by atoms with E-state index in [1.807, 2.05) is 11.0 Å². The van der Waals surface area contributed by atoms with E-state index >= 15 is 0 Å². The van der Waals surface area contributed by atoms with Crippen LogP contribution >= 0.6 is 11.8 Å². The number of rotatable bonds is 9. The van der Waals surface area contributed by atoms with Gasteiger partial charge in [-0.1, -0.05) is 50.5 Å². The highest BCUT2D eigenvalue weighted by atomic mass is 32.2. The van der Waals surface area contributed by atoms with E-state index in [2.05, 4.69) is 32.1 Å². The molecule has 0 aromatic heterocycles. The van der Waals surface area contributed by atoms with E-state index in [4.69, 9.17) is 9.84 Å². The molecule has 4 heterocycles. The van der Waals surface area contributed by atoms with Crippen LogP contribution in [0.15, 0.2) is 24.3 Å². The lowest BCUT2D eigenvalue weighted by Gasteiger charge is -2.37. The number of esters is 1. The van der Waals surface area contributed by atoms with Crippen molar-refractivity contribution in [3.05, 3.63) is 24.3 Å². The summed E-state index contributed by atoms with van der Waals surface area (Å²) >= 11 is 1.61. The number of hydrogen-bond donors (Lipinski definition) is 1. The molecular formula is C27H40N2O5S. The summed E-state index contributed by atoms with van der Waals surface area (Å²) in [6.07, 6.45) is 15.1. The molecule has 35 heavy (non-hydrogen) atoms. The van der Waals surface area contributed by atoms with Crippen LogP contribution in [0, 0.1) is 11.8 Å². The Balaban J connectivity index is 1.71. The summed E-state index contributed by atoms with van der Waals surface area (Å²) in [5.74, 6) is -1.59. The molecule has 4 aliphatic rings. The minimum Gasteiger partial charge on any atom is -0.465 e. The number of aliphatic hydroxyl groups excluding tert-OH is 1. The highest BCUT2D eigenvalue weighted by Crippen LogP contribution is 2.60. The van der Waals surface area contributed by atoms with Gasteiger partial charge in [0.2, 0.25) is 11.8 Å². The van der Waals surface area contributed by atoms with E-state index in [-0.39, 0.29) is 35.7 Å². The van der Waals surface area contributed by atoms with Crippen molar-refractivity contribution >= 4 is 29.5 Å². The van der Waals surface area contributed by atoms with Crippen LogP contribution in [-0.4, -0.2) is 81.1 Å². The first kappa shape index (κ1) is 26.3. The Hall–Kier alpha value is -1.80. The number of thioether (sulfide) groups is 1. The fraction of sp³-hybridized carbons (Fsp3) is 0.741. The van der Waals surface area contributed by atoms with Gasteiger partial charge in [0.25, 0.3) is 0 Å². The first-order valence-corrected chi connectivity index (χ1v) is 14.2. The van der Waals surface area contributed by atoms with E-state index in [1.54, 1.807) is 16.7 Å². The number of amides is 2. The van der Waals surface area contributed by atoms with Crippen LogP contribution in [0.25, 0.3) is 0 Å². The lowest BCUT2D eigenvalue weighted by atomic mass is 9.78. The summed E-state index contributed by atoms with van der Waals surface area (Å²) in [7, 11) is 0. The average molecular weight is 505 g/mol. The van der Waals surface area contributed by atoms with E-state index in [9.17, 15) is 14.4 Å². The van der Waals surface area contributed by atoms with Crippen molar-refractivity contribution < 1.29 is 24.2 Å². The third kappa shape index (κ3) is 4.93. The van der Waals surface area contributed by atoms with Gasteiger partial charge in [-0.3, -0.25) is 14.4 Å². The number of nitrogens with zero attached hydrogens (tertiary/aromatic N) is 2. The Morgan fingerprint density at radius 2 is 1.97 bits per heavy atom. The van der Waals surface area contributed by atoms with Gasteiger partial charge in [0, 0.05) is 31.0 Å². The first-order chi connectivity index (χ1) is 17.0. The molecule has 4 rings (SSSR count). The number of allylic oxidation sites excluding steroid dienone is 1.